The molecule has 0 radical (unpaired) electrons. The van der Waals surface area contributed by atoms with E-state index in [1.54, 1.807) is 36.4 Å². The summed E-state index contributed by atoms with van der Waals surface area (Å²) in [5.74, 6) is 0. The normalized spacial score (nSPS) is 10.2. The molecule has 0 aliphatic heterocycles. The maximum atomic E-state index is 10.9. The summed E-state index contributed by atoms with van der Waals surface area (Å²) in [6.45, 7) is 0. The molecule has 86 valence electrons. The number of benzene rings is 2. The molecule has 2 aromatic rings. The Morgan fingerprint density at radius 3 is 2.29 bits per heavy atom. The third-order valence-corrected chi connectivity index (χ3v) is 3.16. The van der Waals surface area contributed by atoms with Crippen molar-refractivity contribution >= 4 is 28.9 Å². The van der Waals surface area contributed by atoms with Crippen molar-refractivity contribution in [3.8, 4) is 11.1 Å². The van der Waals surface area contributed by atoms with Crippen LogP contribution >= 0.6 is 23.2 Å². The quantitative estimate of drug-likeness (QED) is 0.591. The van der Waals surface area contributed by atoms with E-state index in [1.807, 2.05) is 0 Å². The van der Waals surface area contributed by atoms with Crippen LogP contribution in [-0.4, -0.2) is 4.92 Å². The summed E-state index contributed by atoms with van der Waals surface area (Å²) in [4.78, 5) is 10.5. The zero-order valence-corrected chi connectivity index (χ0v) is 10.1. The van der Waals surface area contributed by atoms with Gasteiger partial charge < -0.3 is 0 Å². The van der Waals surface area contributed by atoms with Crippen LogP contribution < -0.4 is 0 Å². The zero-order valence-electron chi connectivity index (χ0n) is 8.56. The van der Waals surface area contributed by atoms with Gasteiger partial charge in [-0.1, -0.05) is 47.5 Å². The average molecular weight is 268 g/mol. The van der Waals surface area contributed by atoms with Gasteiger partial charge in [-0.25, -0.2) is 0 Å². The summed E-state index contributed by atoms with van der Waals surface area (Å²) in [5.41, 5.74) is 1.04. The van der Waals surface area contributed by atoms with Crippen LogP contribution in [0.1, 0.15) is 0 Å². The Labute approximate surface area is 108 Å². The van der Waals surface area contributed by atoms with Crippen LogP contribution in [0.25, 0.3) is 11.1 Å². The SMILES string of the molecule is O=[N+]([O-])c1ccccc1-c1cccc(Cl)c1Cl. The topological polar surface area (TPSA) is 43.1 Å². The number of hydrogen-bond donors (Lipinski definition) is 0. The first-order valence-electron chi connectivity index (χ1n) is 4.79. The molecule has 0 spiro atoms. The molecule has 0 saturated heterocycles. The fourth-order valence-corrected chi connectivity index (χ4v) is 1.97. The molecular weight excluding hydrogens is 261 g/mol. The molecule has 17 heavy (non-hydrogen) atoms. The number of para-hydroxylation sites is 1. The van der Waals surface area contributed by atoms with Crippen LogP contribution in [0.2, 0.25) is 10.0 Å². The highest BCUT2D eigenvalue weighted by atomic mass is 35.5. The molecule has 0 bridgehead atoms. The molecule has 0 aromatic heterocycles. The van der Waals surface area contributed by atoms with Crippen molar-refractivity contribution in [2.24, 2.45) is 0 Å². The van der Waals surface area contributed by atoms with Gasteiger partial charge in [0.1, 0.15) is 0 Å². The number of nitro benzene ring substituents is 1. The van der Waals surface area contributed by atoms with E-state index in [9.17, 15) is 10.1 Å². The maximum Gasteiger partial charge on any atom is 0.277 e. The summed E-state index contributed by atoms with van der Waals surface area (Å²) in [7, 11) is 0. The Morgan fingerprint density at radius 2 is 1.59 bits per heavy atom. The predicted octanol–water partition coefficient (Wildman–Crippen LogP) is 4.57. The summed E-state index contributed by atoms with van der Waals surface area (Å²) in [5, 5.41) is 11.6. The van der Waals surface area contributed by atoms with E-state index in [0.29, 0.717) is 21.2 Å². The smallest absolute Gasteiger partial charge is 0.258 e. The lowest BCUT2D eigenvalue weighted by atomic mass is 10.0. The van der Waals surface area contributed by atoms with Crippen molar-refractivity contribution < 1.29 is 4.92 Å². The van der Waals surface area contributed by atoms with E-state index in [1.165, 1.54) is 6.07 Å². The highest BCUT2D eigenvalue weighted by molar-refractivity contribution is 6.43. The number of nitrogens with zero attached hydrogens (tertiary/aromatic N) is 1. The Morgan fingerprint density at radius 1 is 0.941 bits per heavy atom. The molecule has 5 heteroatoms. The lowest BCUT2D eigenvalue weighted by molar-refractivity contribution is -0.384. The van der Waals surface area contributed by atoms with Crippen molar-refractivity contribution in [2.75, 3.05) is 0 Å². The van der Waals surface area contributed by atoms with E-state index in [2.05, 4.69) is 0 Å². The van der Waals surface area contributed by atoms with E-state index >= 15 is 0 Å². The van der Waals surface area contributed by atoms with Crippen LogP contribution in [0.4, 0.5) is 5.69 Å². The first-order chi connectivity index (χ1) is 8.11. The Kier molecular flexibility index (Phi) is 3.31. The number of nitro groups is 1. The summed E-state index contributed by atoms with van der Waals surface area (Å²) < 4.78 is 0. The van der Waals surface area contributed by atoms with Gasteiger partial charge in [0.15, 0.2) is 0 Å². The molecule has 0 aliphatic carbocycles. The van der Waals surface area contributed by atoms with Crippen molar-refractivity contribution in [3.05, 3.63) is 62.6 Å². The molecule has 0 unspecified atom stereocenters. The van der Waals surface area contributed by atoms with Crippen molar-refractivity contribution in [2.45, 2.75) is 0 Å². The van der Waals surface area contributed by atoms with Crippen LogP contribution in [0.3, 0.4) is 0 Å². The van der Waals surface area contributed by atoms with Gasteiger partial charge in [0.05, 0.1) is 20.5 Å². The minimum Gasteiger partial charge on any atom is -0.258 e. The first-order valence-corrected chi connectivity index (χ1v) is 5.54. The minimum absolute atomic E-state index is 0.0108. The molecule has 0 saturated carbocycles. The highest BCUT2D eigenvalue weighted by Gasteiger charge is 2.17. The van der Waals surface area contributed by atoms with Gasteiger partial charge >= 0.3 is 0 Å². The maximum absolute atomic E-state index is 10.9. The van der Waals surface area contributed by atoms with Crippen LogP contribution in [0.5, 0.6) is 0 Å². The number of rotatable bonds is 2. The second-order valence-electron chi connectivity index (χ2n) is 3.38. The molecule has 2 rings (SSSR count). The van der Waals surface area contributed by atoms with Gasteiger partial charge in [0, 0.05) is 11.6 Å². The second-order valence-corrected chi connectivity index (χ2v) is 4.16. The predicted molar refractivity (Wildman–Crippen MR) is 68.6 cm³/mol. The molecule has 0 amide bonds. The van der Waals surface area contributed by atoms with Gasteiger partial charge in [0.2, 0.25) is 0 Å². The molecular formula is C12H7Cl2NO2. The summed E-state index contributed by atoms with van der Waals surface area (Å²) >= 11 is 11.9. The van der Waals surface area contributed by atoms with Gasteiger partial charge in [-0.05, 0) is 12.1 Å². The van der Waals surface area contributed by atoms with Crippen molar-refractivity contribution in [1.29, 1.82) is 0 Å². The summed E-state index contributed by atoms with van der Waals surface area (Å²) in [6.07, 6.45) is 0. The Bertz CT molecular complexity index is 584. The number of halogens is 2. The second kappa shape index (κ2) is 4.73. The Hall–Kier alpha value is -1.58. The van der Waals surface area contributed by atoms with Crippen LogP contribution in [0.15, 0.2) is 42.5 Å². The standard InChI is InChI=1S/C12H7Cl2NO2/c13-10-6-3-5-9(12(10)14)8-4-1-2-7-11(8)15(16)17/h1-7H. The first kappa shape index (κ1) is 11.9. The molecule has 2 aromatic carbocycles. The van der Waals surface area contributed by atoms with E-state index in [-0.39, 0.29) is 5.69 Å². The van der Waals surface area contributed by atoms with Crippen LogP contribution in [0, 0.1) is 10.1 Å². The highest BCUT2D eigenvalue weighted by Crippen LogP contribution is 2.37. The monoisotopic (exact) mass is 267 g/mol. The van der Waals surface area contributed by atoms with E-state index in [4.69, 9.17) is 23.2 Å². The molecule has 0 atom stereocenters. The largest absolute Gasteiger partial charge is 0.277 e. The molecule has 3 nitrogen and oxygen atoms in total. The lowest BCUT2D eigenvalue weighted by Crippen LogP contribution is -1.92. The summed E-state index contributed by atoms with van der Waals surface area (Å²) in [6, 6.07) is 11.5. The van der Waals surface area contributed by atoms with Crippen molar-refractivity contribution in [3.63, 3.8) is 0 Å². The molecule has 0 N–H and O–H groups in total. The minimum atomic E-state index is -0.438. The third-order valence-electron chi connectivity index (χ3n) is 2.34. The fourth-order valence-electron chi connectivity index (χ4n) is 1.57. The average Bonchev–Trinajstić information content (AvgIpc) is 2.33. The van der Waals surface area contributed by atoms with Gasteiger partial charge in [-0.2, -0.15) is 0 Å². The third kappa shape index (κ3) is 2.25. The fraction of sp³-hybridized carbons (Fsp3) is 0. The molecule has 0 aliphatic rings. The molecule has 0 fully saturated rings. The van der Waals surface area contributed by atoms with Gasteiger partial charge in [-0.3, -0.25) is 10.1 Å². The van der Waals surface area contributed by atoms with E-state index < -0.39 is 4.92 Å². The van der Waals surface area contributed by atoms with Gasteiger partial charge in [-0.15, -0.1) is 0 Å². The zero-order chi connectivity index (χ0) is 12.4. The molecule has 0 heterocycles. The Balaban J connectivity index is 2.69. The van der Waals surface area contributed by atoms with Crippen LogP contribution in [-0.2, 0) is 0 Å². The lowest BCUT2D eigenvalue weighted by Gasteiger charge is -2.06. The van der Waals surface area contributed by atoms with Crippen molar-refractivity contribution in [1.82, 2.24) is 0 Å². The van der Waals surface area contributed by atoms with Gasteiger partial charge in [0.25, 0.3) is 5.69 Å². The number of hydrogen-bond acceptors (Lipinski definition) is 2. The van der Waals surface area contributed by atoms with E-state index in [0.717, 1.165) is 0 Å².